The first-order valence-corrected chi connectivity index (χ1v) is 6.91. The quantitative estimate of drug-likeness (QED) is 0.419. The summed E-state index contributed by atoms with van der Waals surface area (Å²) in [6.45, 7) is 0. The average Bonchev–Trinajstić information content (AvgIpc) is 2.44. The second-order valence-corrected chi connectivity index (χ2v) is 5.12. The maximum Gasteiger partial charge on any atom is 0.273 e. The van der Waals surface area contributed by atoms with Gasteiger partial charge >= 0.3 is 0 Å². The summed E-state index contributed by atoms with van der Waals surface area (Å²) in [5.41, 5.74) is 0.00326. The van der Waals surface area contributed by atoms with Crippen molar-refractivity contribution in [2.45, 2.75) is 5.88 Å². The van der Waals surface area contributed by atoms with E-state index in [1.807, 2.05) is 0 Å². The summed E-state index contributed by atoms with van der Waals surface area (Å²) in [5.74, 6) is -2.65. The van der Waals surface area contributed by atoms with Crippen LogP contribution in [0.2, 0.25) is 0 Å². The fourth-order valence-corrected chi connectivity index (χ4v) is 2.06. The minimum Gasteiger partial charge on any atom is -0.450 e. The van der Waals surface area contributed by atoms with E-state index in [4.69, 9.17) is 16.3 Å². The molecule has 0 heterocycles. The van der Waals surface area contributed by atoms with Gasteiger partial charge in [0.25, 0.3) is 5.69 Å². The molecule has 0 saturated heterocycles. The molecule has 0 aliphatic rings. The molecule has 0 aromatic heterocycles. The maximum atomic E-state index is 13.8. The second-order valence-electron chi connectivity index (χ2n) is 4.00. The molecule has 0 amide bonds. The van der Waals surface area contributed by atoms with E-state index >= 15 is 0 Å². The van der Waals surface area contributed by atoms with Crippen molar-refractivity contribution >= 4 is 33.2 Å². The first-order chi connectivity index (χ1) is 9.92. The van der Waals surface area contributed by atoms with Crippen molar-refractivity contribution in [3.8, 4) is 11.5 Å². The van der Waals surface area contributed by atoms with Crippen LogP contribution in [0, 0.1) is 21.7 Å². The lowest BCUT2D eigenvalue weighted by molar-refractivity contribution is -0.384. The molecular formula is C13H7BrClF2NO3. The van der Waals surface area contributed by atoms with Gasteiger partial charge in [-0.25, -0.2) is 8.78 Å². The Hall–Kier alpha value is -1.73. The molecule has 0 radical (unpaired) electrons. The average molecular weight is 379 g/mol. The van der Waals surface area contributed by atoms with E-state index in [0.717, 1.165) is 18.2 Å². The molecule has 2 rings (SSSR count). The van der Waals surface area contributed by atoms with Gasteiger partial charge in [0.2, 0.25) is 0 Å². The summed E-state index contributed by atoms with van der Waals surface area (Å²) < 4.78 is 33.0. The number of rotatable bonds is 4. The maximum absolute atomic E-state index is 13.8. The van der Waals surface area contributed by atoms with Crippen LogP contribution in [-0.2, 0) is 5.88 Å². The third kappa shape index (κ3) is 3.48. The highest BCUT2D eigenvalue weighted by Gasteiger charge is 2.17. The van der Waals surface area contributed by atoms with Crippen LogP contribution in [-0.4, -0.2) is 4.92 Å². The Labute approximate surface area is 131 Å². The van der Waals surface area contributed by atoms with Gasteiger partial charge in [0, 0.05) is 11.9 Å². The Kier molecular flexibility index (Phi) is 4.74. The van der Waals surface area contributed by atoms with Crippen molar-refractivity contribution in [3.63, 3.8) is 0 Å². The number of nitro groups is 1. The fourth-order valence-electron chi connectivity index (χ4n) is 1.58. The van der Waals surface area contributed by atoms with Gasteiger partial charge in [-0.05, 0) is 39.7 Å². The van der Waals surface area contributed by atoms with E-state index in [9.17, 15) is 18.9 Å². The van der Waals surface area contributed by atoms with Gasteiger partial charge in [-0.3, -0.25) is 10.1 Å². The highest BCUT2D eigenvalue weighted by molar-refractivity contribution is 9.10. The Bertz CT molecular complexity index is 689. The van der Waals surface area contributed by atoms with Crippen LogP contribution in [0.3, 0.4) is 0 Å². The van der Waals surface area contributed by atoms with Crippen LogP contribution >= 0.6 is 27.5 Å². The van der Waals surface area contributed by atoms with Crippen LogP contribution in [0.1, 0.15) is 5.56 Å². The number of alkyl halides is 1. The number of non-ortho nitro benzene ring substituents is 1. The topological polar surface area (TPSA) is 52.4 Å². The molecule has 0 saturated carbocycles. The standard InChI is InChI=1S/C13H7BrClF2NO3/c14-9-2-1-8(18(19)20)5-12(9)21-13-10(16)3-7(6-15)4-11(13)17/h1-5H,6H2. The fraction of sp³-hybridized carbons (Fsp3) is 0.0769. The molecule has 4 nitrogen and oxygen atoms in total. The molecule has 2 aromatic rings. The Morgan fingerprint density at radius 3 is 2.38 bits per heavy atom. The van der Waals surface area contributed by atoms with Crippen molar-refractivity contribution < 1.29 is 18.4 Å². The molecule has 0 fully saturated rings. The monoisotopic (exact) mass is 377 g/mol. The number of nitro benzene ring substituents is 1. The van der Waals surface area contributed by atoms with Gasteiger partial charge < -0.3 is 4.74 Å². The van der Waals surface area contributed by atoms with Gasteiger partial charge in [0.05, 0.1) is 15.5 Å². The van der Waals surface area contributed by atoms with E-state index in [2.05, 4.69) is 15.9 Å². The third-order valence-electron chi connectivity index (χ3n) is 2.55. The van der Waals surface area contributed by atoms with E-state index < -0.39 is 22.3 Å². The van der Waals surface area contributed by atoms with Gasteiger partial charge in [-0.1, -0.05) is 0 Å². The van der Waals surface area contributed by atoms with Gasteiger partial charge in [0.1, 0.15) is 5.75 Å². The van der Waals surface area contributed by atoms with E-state index in [1.54, 1.807) is 0 Å². The minimum atomic E-state index is -0.941. The smallest absolute Gasteiger partial charge is 0.273 e. The lowest BCUT2D eigenvalue weighted by Crippen LogP contribution is -1.96. The van der Waals surface area contributed by atoms with Crippen LogP contribution in [0.15, 0.2) is 34.8 Å². The first-order valence-electron chi connectivity index (χ1n) is 5.58. The highest BCUT2D eigenvalue weighted by atomic mass is 79.9. The zero-order chi connectivity index (χ0) is 15.6. The van der Waals surface area contributed by atoms with Crippen LogP contribution in [0.5, 0.6) is 11.5 Å². The lowest BCUT2D eigenvalue weighted by atomic mass is 10.2. The normalized spacial score (nSPS) is 10.5. The van der Waals surface area contributed by atoms with E-state index in [-0.39, 0.29) is 22.9 Å². The van der Waals surface area contributed by atoms with Crippen molar-refractivity contribution in [1.29, 1.82) is 0 Å². The van der Waals surface area contributed by atoms with E-state index in [1.165, 1.54) is 12.1 Å². The number of hydrogen-bond donors (Lipinski definition) is 0. The summed E-state index contributed by atoms with van der Waals surface area (Å²) >= 11 is 8.61. The Morgan fingerprint density at radius 2 is 1.86 bits per heavy atom. The molecule has 0 spiro atoms. The predicted molar refractivity (Wildman–Crippen MR) is 76.8 cm³/mol. The van der Waals surface area contributed by atoms with Crippen molar-refractivity contribution in [2.75, 3.05) is 0 Å². The van der Waals surface area contributed by atoms with Gasteiger partial charge in [-0.15, -0.1) is 11.6 Å². The highest BCUT2D eigenvalue weighted by Crippen LogP contribution is 2.35. The van der Waals surface area contributed by atoms with Gasteiger partial charge in [-0.2, -0.15) is 0 Å². The van der Waals surface area contributed by atoms with E-state index in [0.29, 0.717) is 4.47 Å². The Morgan fingerprint density at radius 1 is 1.24 bits per heavy atom. The number of benzene rings is 2. The molecule has 0 atom stereocenters. The van der Waals surface area contributed by atoms with Gasteiger partial charge in [0.15, 0.2) is 17.4 Å². The Balaban J connectivity index is 2.43. The summed E-state index contributed by atoms with van der Waals surface area (Å²) in [7, 11) is 0. The zero-order valence-electron chi connectivity index (χ0n) is 10.3. The predicted octanol–water partition coefficient (Wildman–Crippen LogP) is 5.17. The molecule has 0 N–H and O–H groups in total. The first kappa shape index (κ1) is 15.7. The largest absolute Gasteiger partial charge is 0.450 e. The molecule has 0 unspecified atom stereocenters. The summed E-state index contributed by atoms with van der Waals surface area (Å²) in [5, 5.41) is 10.7. The van der Waals surface area contributed by atoms with Crippen molar-refractivity contribution in [3.05, 3.63) is 62.1 Å². The number of ether oxygens (including phenoxy) is 1. The van der Waals surface area contributed by atoms with Crippen molar-refractivity contribution in [1.82, 2.24) is 0 Å². The molecule has 110 valence electrons. The molecule has 0 bridgehead atoms. The summed E-state index contributed by atoms with van der Waals surface area (Å²) in [4.78, 5) is 10.1. The SMILES string of the molecule is O=[N+]([O-])c1ccc(Br)c(Oc2c(F)cc(CCl)cc2F)c1. The summed E-state index contributed by atoms with van der Waals surface area (Å²) in [6, 6.07) is 5.74. The number of nitrogens with zero attached hydrogens (tertiary/aromatic N) is 1. The van der Waals surface area contributed by atoms with Crippen LogP contribution < -0.4 is 4.74 Å². The van der Waals surface area contributed by atoms with Crippen molar-refractivity contribution in [2.24, 2.45) is 0 Å². The zero-order valence-corrected chi connectivity index (χ0v) is 12.6. The molecule has 21 heavy (non-hydrogen) atoms. The second kappa shape index (κ2) is 6.36. The number of hydrogen-bond acceptors (Lipinski definition) is 3. The molecule has 0 aliphatic heterocycles. The molecule has 8 heteroatoms. The molecular weight excluding hydrogens is 372 g/mol. The molecule has 2 aromatic carbocycles. The summed E-state index contributed by atoms with van der Waals surface area (Å²) in [6.07, 6.45) is 0. The lowest BCUT2D eigenvalue weighted by Gasteiger charge is -2.10. The van der Waals surface area contributed by atoms with Crippen LogP contribution in [0.4, 0.5) is 14.5 Å². The van der Waals surface area contributed by atoms with Crippen LogP contribution in [0.25, 0.3) is 0 Å². The minimum absolute atomic E-state index is 0.0470. The number of halogens is 4. The molecule has 0 aliphatic carbocycles. The third-order valence-corrected chi connectivity index (χ3v) is 3.51.